The molecule has 0 saturated heterocycles. The summed E-state index contributed by atoms with van der Waals surface area (Å²) < 4.78 is 27.0. The zero-order valence-corrected chi connectivity index (χ0v) is 17.4. The number of rotatable bonds is 14. The average molecular weight is 386 g/mol. The average Bonchev–Trinajstić information content (AvgIpc) is 2.57. The smallest absolute Gasteiger partial charge is 0.333 e. The molecule has 4 atom stereocenters. The molecule has 0 aromatic heterocycles. The summed E-state index contributed by atoms with van der Waals surface area (Å²) in [6.45, 7) is 18.8. The number of hydrogen-bond donors (Lipinski definition) is 0. The topological polar surface area (TPSA) is 80.3 Å². The second kappa shape index (κ2) is 13.5. The van der Waals surface area contributed by atoms with Crippen LogP contribution in [-0.2, 0) is 33.3 Å². The van der Waals surface area contributed by atoms with Crippen molar-refractivity contribution in [2.75, 3.05) is 26.4 Å². The Balaban J connectivity index is 3.85. The van der Waals surface area contributed by atoms with Crippen LogP contribution < -0.4 is 0 Å². The first-order valence-corrected chi connectivity index (χ1v) is 9.06. The molecule has 27 heavy (non-hydrogen) atoms. The summed E-state index contributed by atoms with van der Waals surface area (Å²) in [4.78, 5) is 22.8. The molecule has 156 valence electrons. The van der Waals surface area contributed by atoms with E-state index >= 15 is 0 Å². The van der Waals surface area contributed by atoms with Crippen molar-refractivity contribution < 1.29 is 33.3 Å². The third-order valence-corrected chi connectivity index (χ3v) is 3.25. The summed E-state index contributed by atoms with van der Waals surface area (Å²) >= 11 is 0. The fourth-order valence-electron chi connectivity index (χ4n) is 1.73. The van der Waals surface area contributed by atoms with E-state index in [-0.39, 0.29) is 37.6 Å². The lowest BCUT2D eigenvalue weighted by Crippen LogP contribution is -2.28. The molecule has 0 heterocycles. The monoisotopic (exact) mass is 386 g/mol. The van der Waals surface area contributed by atoms with Gasteiger partial charge in [-0.3, -0.25) is 0 Å². The number of hydrogen-bond acceptors (Lipinski definition) is 7. The predicted octanol–water partition coefficient (Wildman–Crippen LogP) is 2.83. The van der Waals surface area contributed by atoms with Gasteiger partial charge in [0.2, 0.25) is 0 Å². The van der Waals surface area contributed by atoms with E-state index in [1.54, 1.807) is 27.7 Å². The third kappa shape index (κ3) is 13.2. The lowest BCUT2D eigenvalue weighted by Gasteiger charge is -2.20. The molecule has 0 aliphatic rings. The number of ether oxygens (including phenoxy) is 5. The van der Waals surface area contributed by atoms with Crippen LogP contribution in [0.25, 0.3) is 0 Å². The Labute approximate surface area is 162 Å². The van der Waals surface area contributed by atoms with Crippen LogP contribution in [0.3, 0.4) is 0 Å². The number of carbonyl (C=O) groups is 2. The van der Waals surface area contributed by atoms with Crippen LogP contribution in [0.15, 0.2) is 24.3 Å². The third-order valence-electron chi connectivity index (χ3n) is 3.25. The molecular formula is C20H34O7. The minimum absolute atomic E-state index is 0.154. The Bertz CT molecular complexity index is 457. The van der Waals surface area contributed by atoms with Gasteiger partial charge in [0.15, 0.2) is 0 Å². The first kappa shape index (κ1) is 25.3. The van der Waals surface area contributed by atoms with Gasteiger partial charge in [-0.15, -0.1) is 0 Å². The Morgan fingerprint density at radius 1 is 0.667 bits per heavy atom. The minimum atomic E-state index is -0.427. The maximum absolute atomic E-state index is 11.4. The maximum Gasteiger partial charge on any atom is 0.333 e. The lowest BCUT2D eigenvalue weighted by molar-refractivity contribution is -0.148. The Hall–Kier alpha value is -1.70. The molecule has 7 nitrogen and oxygen atoms in total. The molecule has 0 bridgehead atoms. The molecule has 0 radical (unpaired) electrons. The Kier molecular flexibility index (Phi) is 12.6. The standard InChI is InChI=1S/C20H34O7/c1-13(2)19(21)26-17(7)11-24-15(5)9-23-10-16(6)25-12-18(8)27-20(22)14(3)4/h15-18H,1,3,9-12H2,2,4-8H3. The van der Waals surface area contributed by atoms with E-state index in [4.69, 9.17) is 23.7 Å². The molecule has 0 aliphatic carbocycles. The fourth-order valence-corrected chi connectivity index (χ4v) is 1.73. The van der Waals surface area contributed by atoms with Gasteiger partial charge in [-0.25, -0.2) is 9.59 Å². The summed E-state index contributed by atoms with van der Waals surface area (Å²) in [6, 6.07) is 0. The van der Waals surface area contributed by atoms with E-state index < -0.39 is 11.9 Å². The van der Waals surface area contributed by atoms with Crippen LogP contribution in [0.2, 0.25) is 0 Å². The summed E-state index contributed by atoms with van der Waals surface area (Å²) in [5.41, 5.74) is 0.715. The predicted molar refractivity (Wildman–Crippen MR) is 102 cm³/mol. The van der Waals surface area contributed by atoms with Gasteiger partial charge in [0.05, 0.1) is 38.6 Å². The maximum atomic E-state index is 11.4. The molecule has 0 rings (SSSR count). The molecular weight excluding hydrogens is 352 g/mol. The summed E-state index contributed by atoms with van der Waals surface area (Å²) in [5, 5.41) is 0. The van der Waals surface area contributed by atoms with Gasteiger partial charge in [-0.1, -0.05) is 13.2 Å². The summed E-state index contributed by atoms with van der Waals surface area (Å²) in [6.07, 6.45) is -1.03. The molecule has 0 N–H and O–H groups in total. The van der Waals surface area contributed by atoms with Gasteiger partial charge >= 0.3 is 11.9 Å². The number of carbonyl (C=O) groups excluding carboxylic acids is 2. The fraction of sp³-hybridized carbons (Fsp3) is 0.700. The van der Waals surface area contributed by atoms with Crippen molar-refractivity contribution >= 4 is 11.9 Å². The second-order valence-corrected chi connectivity index (χ2v) is 6.82. The number of esters is 2. The van der Waals surface area contributed by atoms with Crippen molar-refractivity contribution in [3.8, 4) is 0 Å². The zero-order valence-electron chi connectivity index (χ0n) is 17.4. The van der Waals surface area contributed by atoms with E-state index in [1.165, 1.54) is 0 Å². The van der Waals surface area contributed by atoms with Gasteiger partial charge in [-0.2, -0.15) is 0 Å². The largest absolute Gasteiger partial charge is 0.457 e. The van der Waals surface area contributed by atoms with Crippen molar-refractivity contribution in [2.24, 2.45) is 0 Å². The van der Waals surface area contributed by atoms with Gasteiger partial charge < -0.3 is 23.7 Å². The normalized spacial score (nSPS) is 15.3. The van der Waals surface area contributed by atoms with Gasteiger partial charge in [-0.05, 0) is 41.5 Å². The Morgan fingerprint density at radius 2 is 1.00 bits per heavy atom. The highest BCUT2D eigenvalue weighted by Crippen LogP contribution is 2.04. The van der Waals surface area contributed by atoms with Crippen LogP contribution in [-0.4, -0.2) is 62.8 Å². The molecule has 0 saturated carbocycles. The van der Waals surface area contributed by atoms with Gasteiger partial charge in [0.25, 0.3) is 0 Å². The summed E-state index contributed by atoms with van der Waals surface area (Å²) in [7, 11) is 0. The van der Waals surface area contributed by atoms with Crippen molar-refractivity contribution in [2.45, 2.75) is 66.0 Å². The molecule has 0 aliphatic heterocycles. The lowest BCUT2D eigenvalue weighted by atomic mass is 10.3. The summed E-state index contributed by atoms with van der Waals surface area (Å²) in [5.74, 6) is -0.853. The van der Waals surface area contributed by atoms with Crippen LogP contribution >= 0.6 is 0 Å². The first-order chi connectivity index (χ1) is 12.5. The van der Waals surface area contributed by atoms with Crippen LogP contribution in [0, 0.1) is 0 Å². The molecule has 0 amide bonds. The SMILES string of the molecule is C=C(C)C(=O)OC(C)COC(C)COCC(C)OCC(C)OC(=O)C(=C)C. The van der Waals surface area contributed by atoms with Gasteiger partial charge in [0, 0.05) is 11.1 Å². The second-order valence-electron chi connectivity index (χ2n) is 6.82. The van der Waals surface area contributed by atoms with Crippen LogP contribution in [0.5, 0.6) is 0 Å². The minimum Gasteiger partial charge on any atom is -0.457 e. The molecule has 0 aromatic rings. The van der Waals surface area contributed by atoms with E-state index in [0.29, 0.717) is 24.4 Å². The van der Waals surface area contributed by atoms with Crippen molar-refractivity contribution in [1.29, 1.82) is 0 Å². The van der Waals surface area contributed by atoms with Crippen molar-refractivity contribution in [3.63, 3.8) is 0 Å². The highest BCUT2D eigenvalue weighted by atomic mass is 16.6. The van der Waals surface area contributed by atoms with Crippen molar-refractivity contribution in [3.05, 3.63) is 24.3 Å². The van der Waals surface area contributed by atoms with Crippen LogP contribution in [0.1, 0.15) is 41.5 Å². The Morgan fingerprint density at radius 3 is 1.30 bits per heavy atom. The van der Waals surface area contributed by atoms with E-state index in [1.807, 2.05) is 13.8 Å². The molecule has 0 aromatic carbocycles. The van der Waals surface area contributed by atoms with Crippen molar-refractivity contribution in [1.82, 2.24) is 0 Å². The first-order valence-electron chi connectivity index (χ1n) is 9.06. The van der Waals surface area contributed by atoms with Gasteiger partial charge in [0.1, 0.15) is 12.2 Å². The zero-order chi connectivity index (χ0) is 21.0. The molecule has 7 heteroatoms. The van der Waals surface area contributed by atoms with E-state index in [9.17, 15) is 9.59 Å². The van der Waals surface area contributed by atoms with E-state index in [2.05, 4.69) is 13.2 Å². The quantitative estimate of drug-likeness (QED) is 0.335. The van der Waals surface area contributed by atoms with E-state index in [0.717, 1.165) is 0 Å². The molecule has 4 unspecified atom stereocenters. The molecule has 0 spiro atoms. The molecule has 0 fully saturated rings. The highest BCUT2D eigenvalue weighted by Gasteiger charge is 2.14. The van der Waals surface area contributed by atoms with Crippen LogP contribution in [0.4, 0.5) is 0 Å². The highest BCUT2D eigenvalue weighted by molar-refractivity contribution is 5.87.